The summed E-state index contributed by atoms with van der Waals surface area (Å²) in [5, 5.41) is 12.2. The number of aliphatic hydroxyl groups is 1. The van der Waals surface area contributed by atoms with Crippen molar-refractivity contribution in [3.63, 3.8) is 0 Å². The molecule has 1 heterocycles. The van der Waals surface area contributed by atoms with Crippen LogP contribution in [0.3, 0.4) is 0 Å². The van der Waals surface area contributed by atoms with Crippen molar-refractivity contribution in [1.29, 1.82) is 0 Å². The third-order valence-corrected chi connectivity index (χ3v) is 4.17. The average Bonchev–Trinajstić information content (AvgIpc) is 2.98. The molecule has 0 aromatic heterocycles. The first kappa shape index (κ1) is 17.1. The lowest BCUT2D eigenvalue weighted by Crippen LogP contribution is -2.46. The number of nitrogens with zero attached hydrogens (tertiary/aromatic N) is 1. The molecule has 1 aliphatic rings. The van der Waals surface area contributed by atoms with E-state index < -0.39 is 6.04 Å². The van der Waals surface area contributed by atoms with E-state index in [0.717, 1.165) is 6.42 Å². The molecule has 2 amide bonds. The summed E-state index contributed by atoms with van der Waals surface area (Å²) < 4.78 is 0. The molecule has 1 fully saturated rings. The van der Waals surface area contributed by atoms with E-state index in [9.17, 15) is 9.59 Å². The smallest absolute Gasteiger partial charge is 0.256 e. The number of carbonyl (C=O) groups is 2. The van der Waals surface area contributed by atoms with Crippen molar-refractivity contribution in [3.05, 3.63) is 33.8 Å². The molecule has 0 aliphatic carbocycles. The Hall–Kier alpha value is -1.30. The lowest BCUT2D eigenvalue weighted by atomic mass is 10.1. The van der Waals surface area contributed by atoms with E-state index in [2.05, 4.69) is 5.32 Å². The molecule has 5 nitrogen and oxygen atoms in total. The molecule has 2 N–H and O–H groups in total. The lowest BCUT2D eigenvalue weighted by Gasteiger charge is -2.24. The van der Waals surface area contributed by atoms with Gasteiger partial charge in [0.05, 0.1) is 10.6 Å². The van der Waals surface area contributed by atoms with Crippen LogP contribution in [-0.2, 0) is 4.79 Å². The normalized spacial score (nSPS) is 17.6. The molecule has 0 spiro atoms. The summed E-state index contributed by atoms with van der Waals surface area (Å²) in [6, 6.07) is 4.21. The van der Waals surface area contributed by atoms with Gasteiger partial charge in [0, 0.05) is 24.7 Å². The zero-order valence-electron chi connectivity index (χ0n) is 12.0. The Morgan fingerprint density at radius 1 is 1.36 bits per heavy atom. The molecular formula is C15H18Cl2N2O3. The Bertz CT molecular complexity index is 566. The van der Waals surface area contributed by atoms with Crippen LogP contribution in [-0.4, -0.2) is 47.6 Å². The molecule has 120 valence electrons. The number of likely N-dealkylation sites (tertiary alicyclic amines) is 1. The van der Waals surface area contributed by atoms with E-state index in [1.54, 1.807) is 12.1 Å². The van der Waals surface area contributed by atoms with Crippen molar-refractivity contribution >= 4 is 35.0 Å². The van der Waals surface area contributed by atoms with Gasteiger partial charge >= 0.3 is 0 Å². The molecule has 1 aromatic rings. The van der Waals surface area contributed by atoms with Crippen LogP contribution in [0.15, 0.2) is 18.2 Å². The topological polar surface area (TPSA) is 69.6 Å². The number of amides is 2. The molecule has 0 bridgehead atoms. The Labute approximate surface area is 139 Å². The van der Waals surface area contributed by atoms with Gasteiger partial charge in [-0.3, -0.25) is 9.59 Å². The Balaban J connectivity index is 2.11. The van der Waals surface area contributed by atoms with Gasteiger partial charge in [0.25, 0.3) is 5.91 Å². The van der Waals surface area contributed by atoms with Crippen LogP contribution in [0.2, 0.25) is 10.0 Å². The molecule has 1 aromatic carbocycles. The molecule has 0 radical (unpaired) electrons. The van der Waals surface area contributed by atoms with Gasteiger partial charge in [0.2, 0.25) is 5.91 Å². The first-order chi connectivity index (χ1) is 10.5. The Morgan fingerprint density at radius 3 is 2.86 bits per heavy atom. The zero-order chi connectivity index (χ0) is 16.1. The Morgan fingerprint density at radius 2 is 2.14 bits per heavy atom. The summed E-state index contributed by atoms with van der Waals surface area (Å²) in [5.74, 6) is -0.482. The number of carbonyl (C=O) groups excluding carboxylic acids is 2. The second-order valence-corrected chi connectivity index (χ2v) is 5.99. The van der Waals surface area contributed by atoms with Gasteiger partial charge < -0.3 is 15.3 Å². The highest BCUT2D eigenvalue weighted by Crippen LogP contribution is 2.26. The predicted octanol–water partition coefficient (Wildman–Crippen LogP) is 2.10. The average molecular weight is 345 g/mol. The van der Waals surface area contributed by atoms with Gasteiger partial charge in [0.15, 0.2) is 0 Å². The molecule has 1 saturated heterocycles. The Kier molecular flexibility index (Phi) is 6.06. The molecular weight excluding hydrogens is 327 g/mol. The summed E-state index contributed by atoms with van der Waals surface area (Å²) in [6.45, 7) is 0.928. The molecule has 0 saturated carbocycles. The molecule has 0 unspecified atom stereocenters. The van der Waals surface area contributed by atoms with Crippen LogP contribution < -0.4 is 5.32 Å². The van der Waals surface area contributed by atoms with Crippen LogP contribution in [0.4, 0.5) is 0 Å². The number of nitrogens with one attached hydrogen (secondary N) is 1. The van der Waals surface area contributed by atoms with E-state index in [1.807, 2.05) is 0 Å². The van der Waals surface area contributed by atoms with E-state index >= 15 is 0 Å². The number of hydrogen-bond acceptors (Lipinski definition) is 3. The maximum atomic E-state index is 12.6. The monoisotopic (exact) mass is 344 g/mol. The quantitative estimate of drug-likeness (QED) is 0.803. The van der Waals surface area contributed by atoms with Crippen LogP contribution in [0, 0.1) is 0 Å². The zero-order valence-corrected chi connectivity index (χ0v) is 13.5. The van der Waals surface area contributed by atoms with Crippen LogP contribution in [0.1, 0.15) is 29.6 Å². The fourth-order valence-corrected chi connectivity index (χ4v) is 2.88. The van der Waals surface area contributed by atoms with Gasteiger partial charge in [-0.2, -0.15) is 0 Å². The van der Waals surface area contributed by atoms with Gasteiger partial charge in [-0.1, -0.05) is 23.2 Å². The summed E-state index contributed by atoms with van der Waals surface area (Å²) in [7, 11) is 0. The van der Waals surface area contributed by atoms with Crippen molar-refractivity contribution in [2.45, 2.75) is 25.3 Å². The third kappa shape index (κ3) is 3.91. The number of rotatable bonds is 5. The fourth-order valence-electron chi connectivity index (χ4n) is 2.51. The highest BCUT2D eigenvalue weighted by Gasteiger charge is 2.35. The van der Waals surface area contributed by atoms with E-state index in [4.69, 9.17) is 28.3 Å². The fraction of sp³-hybridized carbons (Fsp3) is 0.467. The summed E-state index contributed by atoms with van der Waals surface area (Å²) in [6.07, 6.45) is 1.88. The number of halogens is 2. The van der Waals surface area contributed by atoms with Crippen molar-refractivity contribution in [3.8, 4) is 0 Å². The number of aliphatic hydroxyl groups excluding tert-OH is 1. The highest BCUT2D eigenvalue weighted by atomic mass is 35.5. The van der Waals surface area contributed by atoms with Gasteiger partial charge in [-0.25, -0.2) is 0 Å². The van der Waals surface area contributed by atoms with Gasteiger partial charge in [-0.05, 0) is 37.5 Å². The van der Waals surface area contributed by atoms with E-state index in [0.29, 0.717) is 41.5 Å². The molecule has 1 atom stereocenters. The maximum absolute atomic E-state index is 12.6. The minimum atomic E-state index is -0.499. The summed E-state index contributed by atoms with van der Waals surface area (Å²) in [5.41, 5.74) is 0.309. The minimum absolute atomic E-state index is 0.0196. The third-order valence-electron chi connectivity index (χ3n) is 3.61. The van der Waals surface area contributed by atoms with Crippen LogP contribution in [0.5, 0.6) is 0 Å². The second kappa shape index (κ2) is 7.81. The largest absolute Gasteiger partial charge is 0.396 e. The second-order valence-electron chi connectivity index (χ2n) is 5.15. The van der Waals surface area contributed by atoms with Crippen molar-refractivity contribution < 1.29 is 14.7 Å². The number of benzene rings is 1. The van der Waals surface area contributed by atoms with Gasteiger partial charge in [0.1, 0.15) is 6.04 Å². The first-order valence-electron chi connectivity index (χ1n) is 7.19. The van der Waals surface area contributed by atoms with E-state index in [1.165, 1.54) is 11.0 Å². The lowest BCUT2D eigenvalue weighted by molar-refractivity contribution is -0.124. The van der Waals surface area contributed by atoms with Crippen molar-refractivity contribution in [1.82, 2.24) is 10.2 Å². The maximum Gasteiger partial charge on any atom is 0.256 e. The predicted molar refractivity (Wildman–Crippen MR) is 85.2 cm³/mol. The van der Waals surface area contributed by atoms with Crippen LogP contribution >= 0.6 is 23.2 Å². The van der Waals surface area contributed by atoms with E-state index in [-0.39, 0.29) is 18.4 Å². The SMILES string of the molecule is O=C(NCCCO)[C@H]1CCCN1C(=O)c1cc(Cl)ccc1Cl. The summed E-state index contributed by atoms with van der Waals surface area (Å²) in [4.78, 5) is 26.3. The molecule has 1 aliphatic heterocycles. The molecule has 7 heteroatoms. The number of hydrogen-bond donors (Lipinski definition) is 2. The highest BCUT2D eigenvalue weighted by molar-refractivity contribution is 6.35. The summed E-state index contributed by atoms with van der Waals surface area (Å²) >= 11 is 12.0. The van der Waals surface area contributed by atoms with Gasteiger partial charge in [-0.15, -0.1) is 0 Å². The van der Waals surface area contributed by atoms with Crippen molar-refractivity contribution in [2.24, 2.45) is 0 Å². The van der Waals surface area contributed by atoms with Crippen LogP contribution in [0.25, 0.3) is 0 Å². The van der Waals surface area contributed by atoms with Crippen molar-refractivity contribution in [2.75, 3.05) is 19.7 Å². The minimum Gasteiger partial charge on any atom is -0.396 e. The standard InChI is InChI=1S/C15H18Cl2N2O3/c16-10-4-5-12(17)11(9-10)15(22)19-7-1-3-13(19)14(21)18-6-2-8-20/h4-5,9,13,20H,1-3,6-8H2,(H,18,21)/t13-/m1/s1. The molecule has 2 rings (SSSR count). The molecule has 22 heavy (non-hydrogen) atoms. The first-order valence-corrected chi connectivity index (χ1v) is 7.94.